The zero-order chi connectivity index (χ0) is 13.1. The van der Waals surface area contributed by atoms with Gasteiger partial charge in [-0.3, -0.25) is 0 Å². The molecule has 0 saturated heterocycles. The Bertz CT molecular complexity index is 587. The quantitative estimate of drug-likeness (QED) is 0.875. The van der Waals surface area contributed by atoms with E-state index in [1.54, 1.807) is 30.3 Å². The molecule has 0 unspecified atom stereocenters. The number of nitrogens with two attached hydrogens (primary N) is 1. The number of halogens is 2. The minimum atomic E-state index is 0.242. The van der Waals surface area contributed by atoms with Gasteiger partial charge in [0.15, 0.2) is 0 Å². The number of rotatable bonds is 3. The fourth-order valence-corrected chi connectivity index (χ4v) is 1.84. The Hall–Kier alpha value is -1.36. The lowest BCUT2D eigenvalue weighted by Gasteiger charge is -2.07. The third-order valence-electron chi connectivity index (χ3n) is 2.11. The number of benzene rings is 1. The van der Waals surface area contributed by atoms with E-state index in [1.807, 2.05) is 0 Å². The Kier molecular flexibility index (Phi) is 4.01. The Morgan fingerprint density at radius 3 is 2.56 bits per heavy atom. The number of pyridine rings is 1. The molecule has 6 heteroatoms. The van der Waals surface area contributed by atoms with Crippen LogP contribution in [-0.2, 0) is 0 Å². The van der Waals surface area contributed by atoms with Crippen LogP contribution in [0.15, 0.2) is 36.5 Å². The lowest BCUT2D eigenvalue weighted by Crippen LogP contribution is -2.10. The molecule has 2 N–H and O–H groups in total. The molecule has 2 rings (SSSR count). The first-order valence-corrected chi connectivity index (χ1v) is 6.11. The van der Waals surface area contributed by atoms with Crippen molar-refractivity contribution in [2.45, 2.75) is 0 Å². The van der Waals surface area contributed by atoms with Gasteiger partial charge in [0.25, 0.3) is 0 Å². The summed E-state index contributed by atoms with van der Waals surface area (Å²) in [6.07, 6.45) is 1.53. The van der Waals surface area contributed by atoms with Crippen LogP contribution in [0.5, 0.6) is 11.5 Å². The highest BCUT2D eigenvalue weighted by Gasteiger charge is 2.05. The van der Waals surface area contributed by atoms with Crippen molar-refractivity contribution in [2.75, 3.05) is 0 Å². The van der Waals surface area contributed by atoms with E-state index in [9.17, 15) is 0 Å². The van der Waals surface area contributed by atoms with Crippen LogP contribution < -0.4 is 10.5 Å². The number of hydrogen-bond donors (Lipinski definition) is 1. The molecule has 1 aromatic heterocycles. The van der Waals surface area contributed by atoms with Gasteiger partial charge in [-0.25, -0.2) is 4.98 Å². The second-order valence-corrected chi connectivity index (χ2v) is 4.70. The highest BCUT2D eigenvalue weighted by molar-refractivity contribution is 7.80. The molecular weight excluding hydrogens is 291 g/mol. The van der Waals surface area contributed by atoms with Crippen molar-refractivity contribution in [3.63, 3.8) is 0 Å². The van der Waals surface area contributed by atoms with E-state index in [-0.39, 0.29) is 4.99 Å². The largest absolute Gasteiger partial charge is 0.454 e. The number of nitrogens with zero attached hydrogens (tertiary/aromatic N) is 1. The fourth-order valence-electron chi connectivity index (χ4n) is 1.27. The average molecular weight is 299 g/mol. The van der Waals surface area contributed by atoms with E-state index in [0.29, 0.717) is 27.2 Å². The Labute approximate surface area is 119 Å². The van der Waals surface area contributed by atoms with Gasteiger partial charge in [0.1, 0.15) is 16.5 Å². The van der Waals surface area contributed by atoms with Gasteiger partial charge in [0.05, 0.1) is 16.9 Å². The van der Waals surface area contributed by atoms with Crippen LogP contribution in [0.1, 0.15) is 5.69 Å². The average Bonchev–Trinajstić information content (AvgIpc) is 2.33. The number of ether oxygens (including phenoxy) is 1. The molecule has 0 atom stereocenters. The molecular formula is C12H8Cl2N2OS. The molecule has 0 radical (unpaired) electrons. The molecule has 1 aromatic carbocycles. The van der Waals surface area contributed by atoms with Crippen molar-refractivity contribution in [3.05, 3.63) is 52.3 Å². The monoisotopic (exact) mass is 298 g/mol. The van der Waals surface area contributed by atoms with E-state index in [0.717, 1.165) is 0 Å². The minimum absolute atomic E-state index is 0.242. The third kappa shape index (κ3) is 3.10. The molecule has 0 fully saturated rings. The number of thiocarbonyl (C=S) groups is 1. The summed E-state index contributed by atoms with van der Waals surface area (Å²) in [5, 5.41) is 0.982. The summed E-state index contributed by atoms with van der Waals surface area (Å²) in [6.45, 7) is 0. The van der Waals surface area contributed by atoms with Crippen LogP contribution in [0.25, 0.3) is 0 Å². The van der Waals surface area contributed by atoms with Crippen LogP contribution in [0, 0.1) is 0 Å². The summed E-state index contributed by atoms with van der Waals surface area (Å²) in [6, 6.07) is 8.38. The lowest BCUT2D eigenvalue weighted by molar-refractivity contribution is 0.480. The van der Waals surface area contributed by atoms with Crippen LogP contribution in [0.3, 0.4) is 0 Å². The number of aromatic nitrogens is 1. The van der Waals surface area contributed by atoms with Crippen molar-refractivity contribution in [2.24, 2.45) is 5.73 Å². The van der Waals surface area contributed by atoms with Gasteiger partial charge in [-0.1, -0.05) is 35.4 Å². The summed E-state index contributed by atoms with van der Waals surface area (Å²) >= 11 is 16.6. The van der Waals surface area contributed by atoms with E-state index in [2.05, 4.69) is 4.98 Å². The molecule has 1 heterocycles. The van der Waals surface area contributed by atoms with Crippen LogP contribution >= 0.6 is 35.4 Å². The molecule has 0 aliphatic rings. The first kappa shape index (κ1) is 13.1. The zero-order valence-electron chi connectivity index (χ0n) is 9.06. The standard InChI is InChI=1S/C12H8Cl2N2OS/c13-7-1-4-11(9(14)5-7)17-8-2-3-10(12(15)18)16-6-8/h1-6H,(H2,15,18). The Morgan fingerprint density at radius 1 is 1.22 bits per heavy atom. The predicted octanol–water partition coefficient (Wildman–Crippen LogP) is 3.81. The molecule has 3 nitrogen and oxygen atoms in total. The molecule has 0 amide bonds. The van der Waals surface area contributed by atoms with Crippen molar-refractivity contribution in [1.29, 1.82) is 0 Å². The lowest BCUT2D eigenvalue weighted by atomic mass is 10.3. The first-order chi connectivity index (χ1) is 8.56. The maximum atomic E-state index is 5.99. The smallest absolute Gasteiger partial charge is 0.146 e. The molecule has 0 saturated carbocycles. The molecule has 0 aliphatic carbocycles. The normalized spacial score (nSPS) is 10.1. The Balaban J connectivity index is 2.21. The topological polar surface area (TPSA) is 48.1 Å². The number of hydrogen-bond acceptors (Lipinski definition) is 3. The summed E-state index contributed by atoms with van der Waals surface area (Å²) in [5.74, 6) is 1.05. The summed E-state index contributed by atoms with van der Waals surface area (Å²) in [5.41, 5.74) is 5.99. The van der Waals surface area contributed by atoms with Gasteiger partial charge in [0, 0.05) is 5.02 Å². The highest BCUT2D eigenvalue weighted by atomic mass is 35.5. The van der Waals surface area contributed by atoms with E-state index >= 15 is 0 Å². The molecule has 0 bridgehead atoms. The second kappa shape index (κ2) is 5.52. The van der Waals surface area contributed by atoms with Crippen LogP contribution in [-0.4, -0.2) is 9.97 Å². The van der Waals surface area contributed by atoms with Gasteiger partial charge in [-0.15, -0.1) is 0 Å². The van der Waals surface area contributed by atoms with Gasteiger partial charge in [0.2, 0.25) is 0 Å². The summed E-state index contributed by atoms with van der Waals surface area (Å²) in [7, 11) is 0. The maximum Gasteiger partial charge on any atom is 0.146 e. The van der Waals surface area contributed by atoms with Gasteiger partial charge in [-0.2, -0.15) is 0 Å². The predicted molar refractivity (Wildman–Crippen MR) is 76.7 cm³/mol. The molecule has 0 aliphatic heterocycles. The first-order valence-electron chi connectivity index (χ1n) is 4.95. The zero-order valence-corrected chi connectivity index (χ0v) is 11.4. The summed E-state index contributed by atoms with van der Waals surface area (Å²) in [4.78, 5) is 4.30. The van der Waals surface area contributed by atoms with E-state index in [4.69, 9.17) is 45.9 Å². The van der Waals surface area contributed by atoms with Crippen LogP contribution in [0.4, 0.5) is 0 Å². The molecule has 18 heavy (non-hydrogen) atoms. The maximum absolute atomic E-state index is 5.99. The van der Waals surface area contributed by atoms with E-state index in [1.165, 1.54) is 6.20 Å². The van der Waals surface area contributed by atoms with Gasteiger partial charge >= 0.3 is 0 Å². The molecule has 2 aromatic rings. The van der Waals surface area contributed by atoms with Crippen molar-refractivity contribution in [1.82, 2.24) is 4.98 Å². The molecule has 0 spiro atoms. The van der Waals surface area contributed by atoms with Crippen molar-refractivity contribution in [3.8, 4) is 11.5 Å². The summed E-state index contributed by atoms with van der Waals surface area (Å²) < 4.78 is 5.56. The SMILES string of the molecule is NC(=S)c1ccc(Oc2ccc(Cl)cc2Cl)cn1. The highest BCUT2D eigenvalue weighted by Crippen LogP contribution is 2.31. The van der Waals surface area contributed by atoms with Gasteiger partial charge in [-0.05, 0) is 30.3 Å². The van der Waals surface area contributed by atoms with Gasteiger partial charge < -0.3 is 10.5 Å². The van der Waals surface area contributed by atoms with E-state index < -0.39 is 0 Å². The fraction of sp³-hybridized carbons (Fsp3) is 0. The van der Waals surface area contributed by atoms with Crippen molar-refractivity contribution >= 4 is 40.4 Å². The third-order valence-corrected chi connectivity index (χ3v) is 2.85. The Morgan fingerprint density at radius 2 is 2.00 bits per heavy atom. The minimum Gasteiger partial charge on any atom is -0.454 e. The molecule has 92 valence electrons. The second-order valence-electron chi connectivity index (χ2n) is 3.42. The van der Waals surface area contributed by atoms with Crippen molar-refractivity contribution < 1.29 is 4.74 Å². The van der Waals surface area contributed by atoms with Crippen LogP contribution in [0.2, 0.25) is 10.0 Å².